The van der Waals surface area contributed by atoms with E-state index in [0.29, 0.717) is 18.0 Å². The number of benzene rings is 1. The van der Waals surface area contributed by atoms with E-state index in [4.69, 9.17) is 4.74 Å². The zero-order chi connectivity index (χ0) is 14.2. The first-order valence-corrected chi connectivity index (χ1v) is 7.96. The SMILES string of the molecule is CS(=O)(=O)N1C[C@H](Cn2ccnn2)Oc2ccccc21. The van der Waals surface area contributed by atoms with E-state index in [1.807, 2.05) is 6.07 Å². The third-order valence-corrected chi connectivity index (χ3v) is 4.21. The first-order valence-electron chi connectivity index (χ1n) is 6.11. The summed E-state index contributed by atoms with van der Waals surface area (Å²) in [7, 11) is -3.34. The number of hydrogen-bond donors (Lipinski definition) is 0. The first kappa shape index (κ1) is 12.9. The van der Waals surface area contributed by atoms with Gasteiger partial charge in [-0.1, -0.05) is 17.3 Å². The second-order valence-corrected chi connectivity index (χ2v) is 6.53. The lowest BCUT2D eigenvalue weighted by molar-refractivity contribution is 0.173. The number of aromatic nitrogens is 3. The summed E-state index contributed by atoms with van der Waals surface area (Å²) in [6.07, 6.45) is 4.18. The Labute approximate surface area is 116 Å². The lowest BCUT2D eigenvalue weighted by Gasteiger charge is -2.34. The molecule has 1 atom stereocenters. The van der Waals surface area contributed by atoms with Gasteiger partial charge < -0.3 is 4.74 Å². The van der Waals surface area contributed by atoms with Crippen molar-refractivity contribution < 1.29 is 13.2 Å². The topological polar surface area (TPSA) is 77.3 Å². The summed E-state index contributed by atoms with van der Waals surface area (Å²) in [6.45, 7) is 0.704. The Hall–Kier alpha value is -2.09. The van der Waals surface area contributed by atoms with Gasteiger partial charge in [0, 0.05) is 6.20 Å². The highest BCUT2D eigenvalue weighted by Gasteiger charge is 2.31. The number of fused-ring (bicyclic) bond motifs is 1. The van der Waals surface area contributed by atoms with Crippen LogP contribution in [0.2, 0.25) is 0 Å². The number of anilines is 1. The smallest absolute Gasteiger partial charge is 0.232 e. The number of hydrogen-bond acceptors (Lipinski definition) is 5. The number of para-hydroxylation sites is 2. The number of ether oxygens (including phenoxy) is 1. The summed E-state index contributed by atoms with van der Waals surface area (Å²) in [5.74, 6) is 0.564. The monoisotopic (exact) mass is 294 g/mol. The Morgan fingerprint density at radius 2 is 2.20 bits per heavy atom. The molecule has 106 valence electrons. The summed E-state index contributed by atoms with van der Waals surface area (Å²) in [4.78, 5) is 0. The highest BCUT2D eigenvalue weighted by Crippen LogP contribution is 2.34. The molecule has 0 bridgehead atoms. The molecule has 0 aliphatic carbocycles. The number of sulfonamides is 1. The quantitative estimate of drug-likeness (QED) is 0.824. The van der Waals surface area contributed by atoms with E-state index in [2.05, 4.69) is 10.3 Å². The maximum Gasteiger partial charge on any atom is 0.232 e. The molecule has 1 aliphatic rings. The molecule has 1 aliphatic heterocycles. The van der Waals surface area contributed by atoms with Gasteiger partial charge in [-0.25, -0.2) is 13.1 Å². The zero-order valence-corrected chi connectivity index (χ0v) is 11.7. The summed E-state index contributed by atoms with van der Waals surface area (Å²) < 4.78 is 32.7. The summed E-state index contributed by atoms with van der Waals surface area (Å²) in [5, 5.41) is 7.60. The predicted molar refractivity (Wildman–Crippen MR) is 73.1 cm³/mol. The van der Waals surface area contributed by atoms with Crippen molar-refractivity contribution in [1.29, 1.82) is 0 Å². The van der Waals surface area contributed by atoms with Crippen molar-refractivity contribution in [2.45, 2.75) is 12.6 Å². The molecular formula is C12H14N4O3S. The van der Waals surface area contributed by atoms with Gasteiger partial charge in [0.2, 0.25) is 10.0 Å². The van der Waals surface area contributed by atoms with Crippen molar-refractivity contribution in [3.05, 3.63) is 36.7 Å². The van der Waals surface area contributed by atoms with Gasteiger partial charge in [0.1, 0.15) is 11.9 Å². The average molecular weight is 294 g/mol. The average Bonchev–Trinajstić information content (AvgIpc) is 2.89. The van der Waals surface area contributed by atoms with Gasteiger partial charge in [0.15, 0.2) is 0 Å². The summed E-state index contributed by atoms with van der Waals surface area (Å²) in [5.41, 5.74) is 0.574. The molecule has 0 N–H and O–H groups in total. The fraction of sp³-hybridized carbons (Fsp3) is 0.333. The van der Waals surface area contributed by atoms with Crippen LogP contribution < -0.4 is 9.04 Å². The summed E-state index contributed by atoms with van der Waals surface area (Å²) >= 11 is 0. The Balaban J connectivity index is 1.92. The molecule has 20 heavy (non-hydrogen) atoms. The lowest BCUT2D eigenvalue weighted by atomic mass is 10.2. The fourth-order valence-corrected chi connectivity index (χ4v) is 3.16. The minimum atomic E-state index is -3.34. The van der Waals surface area contributed by atoms with Crippen LogP contribution in [0.3, 0.4) is 0 Å². The molecule has 8 heteroatoms. The van der Waals surface area contributed by atoms with Gasteiger partial charge in [0.05, 0.1) is 31.2 Å². The van der Waals surface area contributed by atoms with Crippen molar-refractivity contribution in [2.24, 2.45) is 0 Å². The number of nitrogens with zero attached hydrogens (tertiary/aromatic N) is 4. The molecule has 0 spiro atoms. The molecule has 7 nitrogen and oxygen atoms in total. The van der Waals surface area contributed by atoms with Crippen LogP contribution in [0.15, 0.2) is 36.7 Å². The third kappa shape index (κ3) is 2.46. The maximum atomic E-state index is 11.9. The van der Waals surface area contributed by atoms with Crippen molar-refractivity contribution in [1.82, 2.24) is 15.0 Å². The Morgan fingerprint density at radius 3 is 2.90 bits per heavy atom. The van der Waals surface area contributed by atoms with Crippen LogP contribution in [-0.4, -0.2) is 42.3 Å². The molecule has 1 aromatic carbocycles. The van der Waals surface area contributed by atoms with Gasteiger partial charge in [-0.15, -0.1) is 5.10 Å². The highest BCUT2D eigenvalue weighted by molar-refractivity contribution is 7.92. The molecule has 0 unspecified atom stereocenters. The van der Waals surface area contributed by atoms with Crippen LogP contribution in [0.25, 0.3) is 0 Å². The molecule has 0 saturated heterocycles. The van der Waals surface area contributed by atoms with Crippen LogP contribution in [0.5, 0.6) is 5.75 Å². The van der Waals surface area contributed by atoms with Crippen molar-refractivity contribution in [3.8, 4) is 5.75 Å². The highest BCUT2D eigenvalue weighted by atomic mass is 32.2. The van der Waals surface area contributed by atoms with Gasteiger partial charge in [-0.05, 0) is 12.1 Å². The normalized spacial score (nSPS) is 18.4. The van der Waals surface area contributed by atoms with Crippen LogP contribution >= 0.6 is 0 Å². The van der Waals surface area contributed by atoms with Crippen molar-refractivity contribution in [3.63, 3.8) is 0 Å². The van der Waals surface area contributed by atoms with Crippen LogP contribution in [0.4, 0.5) is 5.69 Å². The largest absolute Gasteiger partial charge is 0.484 e. The molecule has 1 aromatic heterocycles. The molecule has 0 amide bonds. The van der Waals surface area contributed by atoms with E-state index in [1.54, 1.807) is 35.3 Å². The van der Waals surface area contributed by atoms with E-state index in [0.717, 1.165) is 0 Å². The number of rotatable bonds is 3. The second-order valence-electron chi connectivity index (χ2n) is 4.63. The van der Waals surface area contributed by atoms with E-state index >= 15 is 0 Å². The minimum absolute atomic E-state index is 0.260. The lowest BCUT2D eigenvalue weighted by Crippen LogP contribution is -2.44. The van der Waals surface area contributed by atoms with Crippen LogP contribution in [-0.2, 0) is 16.6 Å². The van der Waals surface area contributed by atoms with Crippen LogP contribution in [0, 0.1) is 0 Å². The first-order chi connectivity index (χ1) is 9.54. The fourth-order valence-electron chi connectivity index (χ4n) is 2.21. The summed E-state index contributed by atoms with van der Waals surface area (Å²) in [6, 6.07) is 7.11. The second kappa shape index (κ2) is 4.78. The van der Waals surface area contributed by atoms with Gasteiger partial charge in [-0.2, -0.15) is 0 Å². The third-order valence-electron chi connectivity index (χ3n) is 3.06. The Morgan fingerprint density at radius 1 is 1.40 bits per heavy atom. The van der Waals surface area contributed by atoms with Gasteiger partial charge in [-0.3, -0.25) is 4.31 Å². The molecule has 0 fully saturated rings. The van der Waals surface area contributed by atoms with E-state index in [1.165, 1.54) is 10.6 Å². The van der Waals surface area contributed by atoms with Crippen molar-refractivity contribution >= 4 is 15.7 Å². The molecule has 0 radical (unpaired) electrons. The molecular weight excluding hydrogens is 280 g/mol. The zero-order valence-electron chi connectivity index (χ0n) is 10.9. The minimum Gasteiger partial charge on any atom is -0.484 e. The van der Waals surface area contributed by atoms with E-state index in [-0.39, 0.29) is 12.6 Å². The predicted octanol–water partition coefficient (Wildman–Crippen LogP) is 0.505. The Bertz CT molecular complexity index is 699. The Kier molecular flexibility index (Phi) is 3.09. The van der Waals surface area contributed by atoms with E-state index < -0.39 is 10.0 Å². The standard InChI is InChI=1S/C12H14N4O3S/c1-20(17,18)16-9-10(8-15-7-6-13-14-15)19-12-5-3-2-4-11(12)16/h2-7,10H,8-9H2,1H3/t10-/m0/s1. The molecule has 2 heterocycles. The van der Waals surface area contributed by atoms with Gasteiger partial charge in [0.25, 0.3) is 0 Å². The molecule has 3 rings (SSSR count). The van der Waals surface area contributed by atoms with Crippen molar-refractivity contribution in [2.75, 3.05) is 17.1 Å². The maximum absolute atomic E-state index is 11.9. The molecule has 0 saturated carbocycles. The van der Waals surface area contributed by atoms with Crippen LogP contribution in [0.1, 0.15) is 0 Å². The van der Waals surface area contributed by atoms with E-state index in [9.17, 15) is 8.42 Å². The van der Waals surface area contributed by atoms with Gasteiger partial charge >= 0.3 is 0 Å². The molecule has 2 aromatic rings.